The van der Waals surface area contributed by atoms with Crippen molar-refractivity contribution >= 4 is 18.2 Å². The normalized spacial score (nSPS) is 17.7. The largest absolute Gasteiger partial charge is 0.383 e. The summed E-state index contributed by atoms with van der Waals surface area (Å²) < 4.78 is 2.08. The van der Waals surface area contributed by atoms with E-state index in [2.05, 4.69) is 32.2 Å². The number of pyridine rings is 1. The first-order valence-corrected chi connectivity index (χ1v) is 6.67. The lowest BCUT2D eigenvalue weighted by Gasteiger charge is -2.38. The molecule has 0 bridgehead atoms. The molecule has 2 aliphatic rings. The van der Waals surface area contributed by atoms with Gasteiger partial charge in [-0.15, -0.1) is 12.4 Å². The molecular weight excluding hydrogens is 288 g/mol. The molecule has 0 saturated carbocycles. The zero-order valence-electron chi connectivity index (χ0n) is 11.3. The van der Waals surface area contributed by atoms with Crippen molar-refractivity contribution < 1.29 is 0 Å². The Morgan fingerprint density at radius 3 is 2.86 bits per heavy atom. The van der Waals surface area contributed by atoms with Crippen LogP contribution in [0.3, 0.4) is 0 Å². The highest BCUT2D eigenvalue weighted by Crippen LogP contribution is 2.39. The number of hydrogen-bond acceptors (Lipinski definition) is 5. The fourth-order valence-electron chi connectivity index (χ4n) is 3.09. The van der Waals surface area contributed by atoms with Crippen molar-refractivity contribution in [2.24, 2.45) is 0 Å². The van der Waals surface area contributed by atoms with Gasteiger partial charge in [0.15, 0.2) is 0 Å². The van der Waals surface area contributed by atoms with Gasteiger partial charge in [0, 0.05) is 42.5 Å². The lowest BCUT2D eigenvalue weighted by Crippen LogP contribution is -2.55. The molecule has 2 aromatic rings. The van der Waals surface area contributed by atoms with Crippen LogP contribution in [0.25, 0.3) is 11.3 Å². The molecule has 108 valence electrons. The van der Waals surface area contributed by atoms with Crippen molar-refractivity contribution in [2.45, 2.75) is 18.4 Å². The third-order valence-corrected chi connectivity index (χ3v) is 4.39. The van der Waals surface area contributed by atoms with Crippen LogP contribution in [0.15, 0.2) is 18.3 Å². The molecule has 0 aliphatic carbocycles. The molecule has 0 aromatic carbocycles. The Morgan fingerprint density at radius 1 is 1.38 bits per heavy atom. The number of nitrogens with one attached hydrogen (secondary N) is 1. The van der Waals surface area contributed by atoms with Gasteiger partial charge in [0.1, 0.15) is 11.9 Å². The molecule has 21 heavy (non-hydrogen) atoms. The van der Waals surface area contributed by atoms with Crippen LogP contribution in [-0.4, -0.2) is 27.9 Å². The highest BCUT2D eigenvalue weighted by Gasteiger charge is 2.45. The van der Waals surface area contributed by atoms with Gasteiger partial charge in [0.2, 0.25) is 0 Å². The van der Waals surface area contributed by atoms with Crippen LogP contribution < -0.4 is 11.1 Å². The fourth-order valence-corrected chi connectivity index (χ4v) is 3.09. The molecule has 2 aliphatic heterocycles. The second kappa shape index (κ2) is 4.72. The second-order valence-electron chi connectivity index (χ2n) is 5.54. The molecule has 0 atom stereocenters. The third-order valence-electron chi connectivity index (χ3n) is 4.39. The average Bonchev–Trinajstić information content (AvgIpc) is 2.96. The number of aromatic nitrogens is 3. The molecule has 0 amide bonds. The zero-order chi connectivity index (χ0) is 13.7. The number of fused-ring (bicyclic) bond motifs is 2. The first kappa shape index (κ1) is 13.9. The summed E-state index contributed by atoms with van der Waals surface area (Å²) >= 11 is 0. The summed E-state index contributed by atoms with van der Waals surface area (Å²) in [5.74, 6) is 0.266. The summed E-state index contributed by atoms with van der Waals surface area (Å²) in [5, 5.41) is 17.0. The maximum absolute atomic E-state index is 9.03. The number of nitrogens with zero attached hydrogens (tertiary/aromatic N) is 4. The number of hydrogen-bond donors (Lipinski definition) is 2. The standard InChI is InChI=1S/C14H14N6.ClH/c15-5-9-3-10(6-18-13(9)16)11-4-12-14(7-17-8-14)1-2-20(12)19-11;/h3-4,6,17H,1-2,7-8H2,(H2,16,18);1H. The lowest BCUT2D eigenvalue weighted by atomic mass is 9.77. The summed E-state index contributed by atoms with van der Waals surface area (Å²) in [7, 11) is 0. The topological polar surface area (TPSA) is 92.5 Å². The smallest absolute Gasteiger partial charge is 0.141 e. The van der Waals surface area contributed by atoms with Crippen LogP contribution in [0.5, 0.6) is 0 Å². The van der Waals surface area contributed by atoms with Crippen LogP contribution in [0.1, 0.15) is 17.7 Å². The summed E-state index contributed by atoms with van der Waals surface area (Å²) in [4.78, 5) is 4.07. The predicted octanol–water partition coefficient (Wildman–Crippen LogP) is 1.07. The van der Waals surface area contributed by atoms with Gasteiger partial charge in [-0.1, -0.05) is 0 Å². The minimum atomic E-state index is 0. The molecule has 7 heteroatoms. The van der Waals surface area contributed by atoms with E-state index in [0.717, 1.165) is 37.3 Å². The Hall–Kier alpha value is -2.10. The first-order chi connectivity index (χ1) is 9.72. The van der Waals surface area contributed by atoms with Crippen molar-refractivity contribution in [3.05, 3.63) is 29.6 Å². The summed E-state index contributed by atoms with van der Waals surface area (Å²) in [6, 6.07) is 5.94. The number of halogens is 1. The van der Waals surface area contributed by atoms with Crippen molar-refractivity contribution in [3.8, 4) is 17.3 Å². The molecular formula is C14H15ClN6. The van der Waals surface area contributed by atoms with E-state index in [-0.39, 0.29) is 23.6 Å². The summed E-state index contributed by atoms with van der Waals surface area (Å²) in [6.45, 7) is 3.02. The summed E-state index contributed by atoms with van der Waals surface area (Å²) in [6.07, 6.45) is 2.84. The molecule has 1 saturated heterocycles. The van der Waals surface area contributed by atoms with Gasteiger partial charge >= 0.3 is 0 Å². The van der Waals surface area contributed by atoms with Gasteiger partial charge in [-0.2, -0.15) is 10.4 Å². The minimum absolute atomic E-state index is 0. The predicted molar refractivity (Wildman–Crippen MR) is 81.0 cm³/mol. The first-order valence-electron chi connectivity index (χ1n) is 6.67. The van der Waals surface area contributed by atoms with Gasteiger partial charge in [-0.3, -0.25) is 4.68 Å². The van der Waals surface area contributed by atoms with E-state index >= 15 is 0 Å². The number of nitrogens with two attached hydrogens (primary N) is 1. The van der Waals surface area contributed by atoms with Crippen molar-refractivity contribution in [2.75, 3.05) is 18.8 Å². The van der Waals surface area contributed by atoms with Gasteiger partial charge in [-0.05, 0) is 18.6 Å². The Kier molecular flexibility index (Phi) is 3.12. The molecule has 1 spiro atoms. The van der Waals surface area contributed by atoms with Crippen molar-refractivity contribution in [3.63, 3.8) is 0 Å². The fraction of sp³-hybridized carbons (Fsp3) is 0.357. The van der Waals surface area contributed by atoms with Crippen molar-refractivity contribution in [1.82, 2.24) is 20.1 Å². The molecule has 3 N–H and O–H groups in total. The van der Waals surface area contributed by atoms with Crippen LogP contribution in [0.4, 0.5) is 5.82 Å². The minimum Gasteiger partial charge on any atom is -0.383 e. The van der Waals surface area contributed by atoms with Crippen molar-refractivity contribution in [1.29, 1.82) is 5.26 Å². The molecule has 4 heterocycles. The Morgan fingerprint density at radius 2 is 2.19 bits per heavy atom. The third kappa shape index (κ3) is 1.89. The number of anilines is 1. The van der Waals surface area contributed by atoms with Crippen LogP contribution in [-0.2, 0) is 12.0 Å². The molecule has 4 rings (SSSR count). The van der Waals surface area contributed by atoms with Gasteiger partial charge in [-0.25, -0.2) is 4.98 Å². The molecule has 2 aromatic heterocycles. The molecule has 0 unspecified atom stereocenters. The number of rotatable bonds is 1. The molecule has 1 fully saturated rings. The van der Waals surface area contributed by atoms with Gasteiger partial charge in [0.05, 0.1) is 11.3 Å². The van der Waals surface area contributed by atoms with E-state index in [1.54, 1.807) is 12.3 Å². The van der Waals surface area contributed by atoms with E-state index in [0.29, 0.717) is 5.56 Å². The van der Waals surface area contributed by atoms with E-state index in [9.17, 15) is 0 Å². The van der Waals surface area contributed by atoms with E-state index in [1.807, 2.05) is 0 Å². The number of nitriles is 1. The van der Waals surface area contributed by atoms with Crippen LogP contribution in [0.2, 0.25) is 0 Å². The maximum atomic E-state index is 9.03. The Bertz CT molecular complexity index is 740. The lowest BCUT2D eigenvalue weighted by molar-refractivity contribution is 0.276. The SMILES string of the molecule is Cl.N#Cc1cc(-c2cc3n(n2)CCC32CNC2)cnc1N. The number of nitrogen functional groups attached to an aromatic ring is 1. The van der Waals surface area contributed by atoms with Gasteiger partial charge in [0.25, 0.3) is 0 Å². The summed E-state index contributed by atoms with van der Waals surface area (Å²) in [5.41, 5.74) is 9.33. The maximum Gasteiger partial charge on any atom is 0.141 e. The molecule has 6 nitrogen and oxygen atoms in total. The Labute approximate surface area is 128 Å². The van der Waals surface area contributed by atoms with E-state index < -0.39 is 0 Å². The highest BCUT2D eigenvalue weighted by atomic mass is 35.5. The highest BCUT2D eigenvalue weighted by molar-refractivity contribution is 5.85. The quantitative estimate of drug-likeness (QED) is 0.822. The van der Waals surface area contributed by atoms with Crippen LogP contribution >= 0.6 is 12.4 Å². The van der Waals surface area contributed by atoms with E-state index in [4.69, 9.17) is 11.0 Å². The number of aryl methyl sites for hydroxylation is 1. The van der Waals surface area contributed by atoms with Crippen LogP contribution in [0, 0.1) is 11.3 Å². The van der Waals surface area contributed by atoms with Gasteiger partial charge < -0.3 is 11.1 Å². The monoisotopic (exact) mass is 302 g/mol. The molecule has 0 radical (unpaired) electrons. The average molecular weight is 303 g/mol. The van der Waals surface area contributed by atoms with E-state index in [1.165, 1.54) is 5.69 Å². The zero-order valence-corrected chi connectivity index (χ0v) is 12.2. The second-order valence-corrected chi connectivity index (χ2v) is 5.54. The Balaban J connectivity index is 0.00000132.